The van der Waals surface area contributed by atoms with Gasteiger partial charge in [0.25, 0.3) is 0 Å². The Hall–Kier alpha value is -1.40. The van der Waals surface area contributed by atoms with Gasteiger partial charge in [0, 0.05) is 4.88 Å². The number of rotatable bonds is 5. The molecule has 0 saturated carbocycles. The minimum Gasteiger partial charge on any atom is -0.259 e. The van der Waals surface area contributed by atoms with Gasteiger partial charge in [-0.05, 0) is 25.8 Å². The highest BCUT2D eigenvalue weighted by atomic mass is 32.2. The molecule has 0 saturated heterocycles. The first kappa shape index (κ1) is 14.0. The Morgan fingerprint density at radius 2 is 1.89 bits per heavy atom. The monoisotopic (exact) mass is 296 g/mol. The third kappa shape index (κ3) is 4.04. The average Bonchev–Trinajstić information content (AvgIpc) is 2.66. The van der Waals surface area contributed by atoms with Crippen LogP contribution in [0, 0.1) is 13.8 Å². The van der Waals surface area contributed by atoms with Gasteiger partial charge in [0.1, 0.15) is 0 Å². The fraction of sp³-hybridized carbons (Fsp3) is 0.308. The van der Waals surface area contributed by atoms with E-state index in [0.717, 1.165) is 16.1 Å². The second-order valence-corrected chi connectivity index (χ2v) is 7.36. The van der Waals surface area contributed by atoms with E-state index in [1.807, 2.05) is 44.2 Å². The molecule has 0 aliphatic heterocycles. The second kappa shape index (κ2) is 5.71. The maximum absolute atomic E-state index is 11.9. The van der Waals surface area contributed by atoms with E-state index in [1.54, 1.807) is 0 Å². The molecule has 19 heavy (non-hydrogen) atoms. The van der Waals surface area contributed by atoms with E-state index in [0.29, 0.717) is 11.6 Å². The number of anilines is 1. The Morgan fingerprint density at radius 1 is 1.21 bits per heavy atom. The summed E-state index contributed by atoms with van der Waals surface area (Å²) >= 11 is 1.36. The lowest BCUT2D eigenvalue weighted by molar-refractivity contribution is 0.600. The molecule has 0 fully saturated rings. The van der Waals surface area contributed by atoms with Gasteiger partial charge >= 0.3 is 0 Å². The van der Waals surface area contributed by atoms with Crippen LogP contribution in [0.2, 0.25) is 0 Å². The molecule has 0 aliphatic carbocycles. The van der Waals surface area contributed by atoms with Crippen LogP contribution in [0.1, 0.15) is 16.1 Å². The minimum atomic E-state index is -3.34. The third-order valence-corrected chi connectivity index (χ3v) is 5.14. The highest BCUT2D eigenvalue weighted by Gasteiger charge is 2.13. The molecule has 102 valence electrons. The number of aromatic nitrogens is 1. The van der Waals surface area contributed by atoms with Crippen molar-refractivity contribution in [2.45, 2.75) is 20.3 Å². The topological polar surface area (TPSA) is 59.1 Å². The van der Waals surface area contributed by atoms with Crippen LogP contribution < -0.4 is 4.72 Å². The zero-order chi connectivity index (χ0) is 13.9. The molecule has 0 spiro atoms. The maximum Gasteiger partial charge on any atom is 0.234 e. The van der Waals surface area contributed by atoms with Crippen molar-refractivity contribution in [1.29, 1.82) is 0 Å². The molecule has 0 unspecified atom stereocenters. The Labute approximate surface area is 117 Å². The molecule has 1 aromatic carbocycles. The summed E-state index contributed by atoms with van der Waals surface area (Å²) in [5.41, 5.74) is 1.88. The number of hydrogen-bond donors (Lipinski definition) is 1. The SMILES string of the molecule is Cc1nc(NS(=O)(=O)CCc2ccccc2)sc1C. The third-order valence-electron chi connectivity index (χ3n) is 2.77. The number of benzene rings is 1. The van der Waals surface area contributed by atoms with E-state index in [2.05, 4.69) is 9.71 Å². The Balaban J connectivity index is 1.99. The molecule has 1 heterocycles. The normalized spacial score (nSPS) is 11.5. The first-order chi connectivity index (χ1) is 8.96. The fourth-order valence-electron chi connectivity index (χ4n) is 1.60. The van der Waals surface area contributed by atoms with Crippen molar-refractivity contribution >= 4 is 26.5 Å². The van der Waals surface area contributed by atoms with Crippen LogP contribution in [0.25, 0.3) is 0 Å². The van der Waals surface area contributed by atoms with Crippen LogP contribution in [0.3, 0.4) is 0 Å². The fourth-order valence-corrected chi connectivity index (χ4v) is 3.73. The van der Waals surface area contributed by atoms with Crippen molar-refractivity contribution in [1.82, 2.24) is 4.98 Å². The Morgan fingerprint density at radius 3 is 2.47 bits per heavy atom. The molecule has 0 aliphatic rings. The summed E-state index contributed by atoms with van der Waals surface area (Å²) in [5.74, 6) is 0.0642. The number of sulfonamides is 1. The summed E-state index contributed by atoms with van der Waals surface area (Å²) < 4.78 is 26.4. The molecule has 0 amide bonds. The molecule has 0 atom stereocenters. The summed E-state index contributed by atoms with van der Waals surface area (Å²) in [5, 5.41) is 0.447. The van der Waals surface area contributed by atoms with E-state index in [-0.39, 0.29) is 5.75 Å². The van der Waals surface area contributed by atoms with Gasteiger partial charge in [0.2, 0.25) is 10.0 Å². The molecular formula is C13H16N2O2S2. The van der Waals surface area contributed by atoms with Crippen LogP contribution in [0.4, 0.5) is 5.13 Å². The molecule has 0 bridgehead atoms. The van der Waals surface area contributed by atoms with Crippen molar-refractivity contribution in [3.05, 3.63) is 46.5 Å². The Kier molecular flexibility index (Phi) is 4.21. The Bertz CT molecular complexity index is 629. The van der Waals surface area contributed by atoms with Gasteiger partial charge in [0.05, 0.1) is 11.4 Å². The van der Waals surface area contributed by atoms with E-state index in [1.165, 1.54) is 11.3 Å². The highest BCUT2D eigenvalue weighted by Crippen LogP contribution is 2.22. The first-order valence-corrected chi connectivity index (χ1v) is 8.41. The van der Waals surface area contributed by atoms with Crippen molar-refractivity contribution in [3.63, 3.8) is 0 Å². The average molecular weight is 296 g/mol. The maximum atomic E-state index is 11.9. The van der Waals surface area contributed by atoms with Crippen LogP contribution in [-0.4, -0.2) is 19.2 Å². The van der Waals surface area contributed by atoms with Crippen molar-refractivity contribution < 1.29 is 8.42 Å². The molecule has 2 aromatic rings. The summed E-state index contributed by atoms with van der Waals surface area (Å²) in [7, 11) is -3.34. The van der Waals surface area contributed by atoms with E-state index >= 15 is 0 Å². The number of thiazole rings is 1. The number of nitrogens with zero attached hydrogens (tertiary/aromatic N) is 1. The largest absolute Gasteiger partial charge is 0.259 e. The summed E-state index contributed by atoms with van der Waals surface area (Å²) in [6, 6.07) is 9.57. The summed E-state index contributed by atoms with van der Waals surface area (Å²) in [6.07, 6.45) is 0.500. The van der Waals surface area contributed by atoms with Gasteiger partial charge in [-0.25, -0.2) is 13.4 Å². The van der Waals surface area contributed by atoms with Gasteiger partial charge in [-0.1, -0.05) is 30.3 Å². The van der Waals surface area contributed by atoms with Crippen molar-refractivity contribution in [2.24, 2.45) is 0 Å². The van der Waals surface area contributed by atoms with Crippen LogP contribution >= 0.6 is 11.3 Å². The number of aryl methyl sites for hydroxylation is 3. The highest BCUT2D eigenvalue weighted by molar-refractivity contribution is 7.92. The molecule has 2 rings (SSSR count). The number of nitrogens with one attached hydrogen (secondary N) is 1. The minimum absolute atomic E-state index is 0.0642. The predicted octanol–water partition coefficient (Wildman–Crippen LogP) is 2.74. The quantitative estimate of drug-likeness (QED) is 0.923. The van der Waals surface area contributed by atoms with E-state index in [4.69, 9.17) is 0 Å². The zero-order valence-corrected chi connectivity index (χ0v) is 12.5. The predicted molar refractivity (Wildman–Crippen MR) is 79.1 cm³/mol. The molecule has 4 nitrogen and oxygen atoms in total. The van der Waals surface area contributed by atoms with Gasteiger partial charge < -0.3 is 0 Å². The van der Waals surface area contributed by atoms with Gasteiger partial charge in [-0.3, -0.25) is 4.72 Å². The summed E-state index contributed by atoms with van der Waals surface area (Å²) in [6.45, 7) is 3.79. The summed E-state index contributed by atoms with van der Waals surface area (Å²) in [4.78, 5) is 5.21. The van der Waals surface area contributed by atoms with Gasteiger partial charge in [-0.15, -0.1) is 11.3 Å². The molecule has 6 heteroatoms. The molecule has 0 radical (unpaired) electrons. The lowest BCUT2D eigenvalue weighted by Gasteiger charge is -2.05. The van der Waals surface area contributed by atoms with Crippen LogP contribution in [0.5, 0.6) is 0 Å². The van der Waals surface area contributed by atoms with Gasteiger partial charge in [0.15, 0.2) is 5.13 Å². The lowest BCUT2D eigenvalue weighted by Crippen LogP contribution is -2.18. The molecule has 1 N–H and O–H groups in total. The zero-order valence-electron chi connectivity index (χ0n) is 10.9. The second-order valence-electron chi connectivity index (χ2n) is 4.32. The van der Waals surface area contributed by atoms with Gasteiger partial charge in [-0.2, -0.15) is 0 Å². The molecular weight excluding hydrogens is 280 g/mol. The van der Waals surface area contributed by atoms with Crippen LogP contribution in [0.15, 0.2) is 30.3 Å². The smallest absolute Gasteiger partial charge is 0.234 e. The lowest BCUT2D eigenvalue weighted by atomic mass is 10.2. The molecule has 1 aromatic heterocycles. The van der Waals surface area contributed by atoms with Crippen molar-refractivity contribution in [2.75, 3.05) is 10.5 Å². The van der Waals surface area contributed by atoms with E-state index < -0.39 is 10.0 Å². The van der Waals surface area contributed by atoms with Crippen molar-refractivity contribution in [3.8, 4) is 0 Å². The first-order valence-electron chi connectivity index (χ1n) is 5.95. The number of hydrogen-bond acceptors (Lipinski definition) is 4. The van der Waals surface area contributed by atoms with Crippen LogP contribution in [-0.2, 0) is 16.4 Å². The standard InChI is InChI=1S/C13H16N2O2S2/c1-10-11(2)18-13(14-10)15-19(16,17)9-8-12-6-4-3-5-7-12/h3-7H,8-9H2,1-2H3,(H,14,15). The van der Waals surface area contributed by atoms with E-state index in [9.17, 15) is 8.42 Å².